The SMILES string of the molecule is COc1ccc(C(=O)N2CCN(CCCC(=O)O)CC2)cc1.O=C(O)C(F)(F)F. The van der Waals surface area contributed by atoms with Crippen molar-refractivity contribution in [3.8, 4) is 5.75 Å². The molecule has 1 saturated heterocycles. The van der Waals surface area contributed by atoms with Crippen molar-refractivity contribution >= 4 is 17.8 Å². The molecule has 2 rings (SSSR count). The summed E-state index contributed by atoms with van der Waals surface area (Å²) in [6.45, 7) is 3.72. The first-order valence-electron chi connectivity index (χ1n) is 8.72. The first kappa shape index (κ1) is 24.2. The van der Waals surface area contributed by atoms with Gasteiger partial charge in [-0.3, -0.25) is 14.5 Å². The predicted octanol–water partition coefficient (Wildman–Crippen LogP) is 1.95. The third-order valence-corrected chi connectivity index (χ3v) is 4.10. The first-order chi connectivity index (χ1) is 13.5. The number of hydrogen-bond acceptors (Lipinski definition) is 5. The summed E-state index contributed by atoms with van der Waals surface area (Å²) >= 11 is 0. The Kier molecular flexibility index (Phi) is 9.39. The van der Waals surface area contributed by atoms with E-state index in [9.17, 15) is 22.8 Å². The van der Waals surface area contributed by atoms with E-state index >= 15 is 0 Å². The highest BCUT2D eigenvalue weighted by Gasteiger charge is 2.38. The van der Waals surface area contributed by atoms with Gasteiger partial charge in [0.2, 0.25) is 0 Å². The van der Waals surface area contributed by atoms with Crippen molar-refractivity contribution < 1.29 is 42.5 Å². The molecule has 1 fully saturated rings. The van der Waals surface area contributed by atoms with Gasteiger partial charge in [0.05, 0.1) is 7.11 Å². The van der Waals surface area contributed by atoms with Gasteiger partial charge in [0.25, 0.3) is 5.91 Å². The second-order valence-corrected chi connectivity index (χ2v) is 6.16. The van der Waals surface area contributed by atoms with E-state index in [1.165, 1.54) is 0 Å². The molecule has 29 heavy (non-hydrogen) atoms. The second-order valence-electron chi connectivity index (χ2n) is 6.16. The Bertz CT molecular complexity index is 686. The molecule has 2 N–H and O–H groups in total. The van der Waals surface area contributed by atoms with Gasteiger partial charge in [0.1, 0.15) is 5.75 Å². The number of ether oxygens (including phenoxy) is 1. The van der Waals surface area contributed by atoms with Crippen molar-refractivity contribution in [3.63, 3.8) is 0 Å². The summed E-state index contributed by atoms with van der Waals surface area (Å²) in [5, 5.41) is 15.8. The highest BCUT2D eigenvalue weighted by molar-refractivity contribution is 5.94. The highest BCUT2D eigenvalue weighted by atomic mass is 19.4. The first-order valence-corrected chi connectivity index (χ1v) is 8.72. The lowest BCUT2D eigenvalue weighted by Crippen LogP contribution is -2.48. The fourth-order valence-electron chi connectivity index (χ4n) is 2.54. The topological polar surface area (TPSA) is 107 Å². The minimum Gasteiger partial charge on any atom is -0.497 e. The van der Waals surface area contributed by atoms with Crippen molar-refractivity contribution in [2.24, 2.45) is 0 Å². The van der Waals surface area contributed by atoms with Crippen LogP contribution in [0.4, 0.5) is 13.2 Å². The molecule has 0 saturated carbocycles. The summed E-state index contributed by atoms with van der Waals surface area (Å²) < 4.78 is 36.8. The Hall–Kier alpha value is -2.82. The fraction of sp³-hybridized carbons (Fsp3) is 0.500. The van der Waals surface area contributed by atoms with Crippen molar-refractivity contribution in [3.05, 3.63) is 29.8 Å². The zero-order chi connectivity index (χ0) is 22.0. The molecule has 1 aromatic rings. The third-order valence-electron chi connectivity index (χ3n) is 4.10. The number of halogens is 3. The maximum atomic E-state index is 12.4. The van der Waals surface area contributed by atoms with Gasteiger partial charge in [-0.2, -0.15) is 13.2 Å². The summed E-state index contributed by atoms with van der Waals surface area (Å²) in [6.07, 6.45) is -4.23. The Morgan fingerprint density at radius 3 is 1.97 bits per heavy atom. The van der Waals surface area contributed by atoms with Crippen molar-refractivity contribution in [1.82, 2.24) is 9.80 Å². The average Bonchev–Trinajstić information content (AvgIpc) is 2.67. The molecule has 0 aromatic heterocycles. The van der Waals surface area contributed by atoms with Crippen LogP contribution < -0.4 is 4.74 Å². The monoisotopic (exact) mass is 420 g/mol. The molecule has 0 radical (unpaired) electrons. The van der Waals surface area contributed by atoms with Gasteiger partial charge in [0, 0.05) is 38.2 Å². The van der Waals surface area contributed by atoms with Crippen LogP contribution in [0.1, 0.15) is 23.2 Å². The number of amides is 1. The summed E-state index contributed by atoms with van der Waals surface area (Å²) in [6, 6.07) is 7.13. The smallest absolute Gasteiger partial charge is 0.490 e. The number of carboxylic acids is 2. The van der Waals surface area contributed by atoms with E-state index in [1.807, 2.05) is 4.90 Å². The number of rotatable bonds is 6. The maximum absolute atomic E-state index is 12.4. The molecule has 8 nitrogen and oxygen atoms in total. The molecule has 1 heterocycles. The molecular formula is C18H23F3N2O6. The number of piperazine rings is 1. The molecule has 162 valence electrons. The van der Waals surface area contributed by atoms with Crippen LogP contribution in [0, 0.1) is 0 Å². The number of carbonyl (C=O) groups is 3. The van der Waals surface area contributed by atoms with E-state index in [0.29, 0.717) is 25.1 Å². The molecule has 0 bridgehead atoms. The van der Waals surface area contributed by atoms with Gasteiger partial charge in [-0.1, -0.05) is 0 Å². The van der Waals surface area contributed by atoms with Gasteiger partial charge in [0.15, 0.2) is 0 Å². The van der Waals surface area contributed by atoms with Gasteiger partial charge >= 0.3 is 18.1 Å². The maximum Gasteiger partial charge on any atom is 0.490 e. The molecule has 11 heteroatoms. The quantitative estimate of drug-likeness (QED) is 0.724. The number of benzene rings is 1. The van der Waals surface area contributed by atoms with Gasteiger partial charge in [-0.25, -0.2) is 4.79 Å². The minimum absolute atomic E-state index is 0.0350. The van der Waals surface area contributed by atoms with Crippen LogP contribution in [0.15, 0.2) is 24.3 Å². The Labute approximate surface area is 165 Å². The third kappa shape index (κ3) is 8.81. The van der Waals surface area contributed by atoms with Gasteiger partial charge in [-0.05, 0) is 37.2 Å². The Balaban J connectivity index is 0.000000516. The summed E-state index contributed by atoms with van der Waals surface area (Å²) in [7, 11) is 1.60. The van der Waals surface area contributed by atoms with Crippen LogP contribution in [-0.4, -0.2) is 83.9 Å². The minimum atomic E-state index is -5.08. The number of hydrogen-bond donors (Lipinski definition) is 2. The number of methoxy groups -OCH3 is 1. The largest absolute Gasteiger partial charge is 0.497 e. The number of nitrogens with zero attached hydrogens (tertiary/aromatic N) is 2. The Morgan fingerprint density at radius 2 is 1.55 bits per heavy atom. The molecule has 0 atom stereocenters. The van der Waals surface area contributed by atoms with Crippen LogP contribution in [0.3, 0.4) is 0 Å². The highest BCUT2D eigenvalue weighted by Crippen LogP contribution is 2.15. The zero-order valence-electron chi connectivity index (χ0n) is 15.8. The lowest BCUT2D eigenvalue weighted by atomic mass is 10.1. The van der Waals surface area contributed by atoms with Gasteiger partial charge in [-0.15, -0.1) is 0 Å². The summed E-state index contributed by atoms with van der Waals surface area (Å²) in [5.74, 6) is -2.74. The fourth-order valence-corrected chi connectivity index (χ4v) is 2.54. The standard InChI is InChI=1S/C16H22N2O4.C2HF3O2/c1-22-14-6-4-13(5-7-14)16(21)18-11-9-17(10-12-18)8-2-3-15(19)20;3-2(4,5)1(6)7/h4-7H,2-3,8-12H2,1H3,(H,19,20);(H,6,7). The zero-order valence-corrected chi connectivity index (χ0v) is 15.8. The molecule has 0 spiro atoms. The summed E-state index contributed by atoms with van der Waals surface area (Å²) in [4.78, 5) is 35.9. The number of carboxylic acid groups (broad SMARTS) is 2. The molecule has 1 aromatic carbocycles. The molecule has 1 aliphatic rings. The van der Waals surface area contributed by atoms with E-state index in [2.05, 4.69) is 4.90 Å². The van der Waals surface area contributed by atoms with Crippen LogP contribution in [0.5, 0.6) is 5.75 Å². The lowest BCUT2D eigenvalue weighted by Gasteiger charge is -2.34. The average molecular weight is 420 g/mol. The number of alkyl halides is 3. The number of carbonyl (C=O) groups excluding carboxylic acids is 1. The van der Waals surface area contributed by atoms with Crippen molar-refractivity contribution in [1.29, 1.82) is 0 Å². The van der Waals surface area contributed by atoms with Crippen molar-refractivity contribution in [2.45, 2.75) is 19.0 Å². The lowest BCUT2D eigenvalue weighted by molar-refractivity contribution is -0.192. The summed E-state index contributed by atoms with van der Waals surface area (Å²) in [5.41, 5.74) is 0.667. The van der Waals surface area contributed by atoms with Gasteiger partial charge < -0.3 is 19.8 Å². The second kappa shape index (κ2) is 11.2. The Morgan fingerprint density at radius 1 is 1.03 bits per heavy atom. The van der Waals surface area contributed by atoms with E-state index in [1.54, 1.807) is 31.4 Å². The molecule has 1 amide bonds. The van der Waals surface area contributed by atoms with Crippen molar-refractivity contribution in [2.75, 3.05) is 39.8 Å². The van der Waals surface area contributed by atoms with Crippen LogP contribution in [-0.2, 0) is 9.59 Å². The van der Waals surface area contributed by atoms with Crippen LogP contribution in [0.25, 0.3) is 0 Å². The van der Waals surface area contributed by atoms with Crippen LogP contribution in [0.2, 0.25) is 0 Å². The van der Waals surface area contributed by atoms with E-state index < -0.39 is 18.1 Å². The normalized spacial score (nSPS) is 14.6. The molecule has 0 unspecified atom stereocenters. The predicted molar refractivity (Wildman–Crippen MR) is 95.9 cm³/mol. The van der Waals surface area contributed by atoms with E-state index in [0.717, 1.165) is 25.4 Å². The molecular weight excluding hydrogens is 397 g/mol. The molecule has 1 aliphatic heterocycles. The number of aliphatic carboxylic acids is 2. The van der Waals surface area contributed by atoms with Crippen LogP contribution >= 0.6 is 0 Å². The molecule has 0 aliphatic carbocycles. The van der Waals surface area contributed by atoms with E-state index in [-0.39, 0.29) is 12.3 Å². The van der Waals surface area contributed by atoms with E-state index in [4.69, 9.17) is 19.7 Å².